The fourth-order valence-electron chi connectivity index (χ4n) is 3.23. The number of carbonyl (C=O) groups excluding carboxylic acids is 1. The molecule has 0 spiro atoms. The van der Waals surface area contributed by atoms with Crippen molar-refractivity contribution in [2.24, 2.45) is 0 Å². The molecular formula is C21H17F3N6O2. The number of fused-ring (bicyclic) bond motifs is 1. The summed E-state index contributed by atoms with van der Waals surface area (Å²) in [5, 5.41) is 0.541. The van der Waals surface area contributed by atoms with E-state index in [1.807, 2.05) is 6.92 Å². The van der Waals surface area contributed by atoms with Crippen LogP contribution >= 0.6 is 0 Å². The number of alkyl halides is 3. The van der Waals surface area contributed by atoms with E-state index in [1.165, 1.54) is 29.1 Å². The number of benzene rings is 1. The number of halogens is 3. The Hall–Kier alpha value is -4.02. The van der Waals surface area contributed by atoms with E-state index in [9.17, 15) is 18.0 Å². The van der Waals surface area contributed by atoms with Gasteiger partial charge in [0, 0.05) is 30.2 Å². The summed E-state index contributed by atoms with van der Waals surface area (Å²) in [5.74, 6) is -0.176. The summed E-state index contributed by atoms with van der Waals surface area (Å²) in [7, 11) is 0. The lowest BCUT2D eigenvalue weighted by molar-refractivity contribution is -0.274. The molecular weight excluding hydrogens is 425 g/mol. The third-order valence-corrected chi connectivity index (χ3v) is 4.68. The highest BCUT2D eigenvalue weighted by Crippen LogP contribution is 2.29. The van der Waals surface area contributed by atoms with Crippen molar-refractivity contribution in [3.8, 4) is 17.4 Å². The fraction of sp³-hybridized carbons (Fsp3) is 0.190. The summed E-state index contributed by atoms with van der Waals surface area (Å²) in [6.07, 6.45) is 1.92. The monoisotopic (exact) mass is 442 g/mol. The van der Waals surface area contributed by atoms with Gasteiger partial charge in [0.15, 0.2) is 11.6 Å². The molecule has 1 aromatic carbocycles. The molecule has 4 rings (SSSR count). The number of hydrogen-bond donors (Lipinski definition) is 1. The van der Waals surface area contributed by atoms with Gasteiger partial charge in [0.25, 0.3) is 5.91 Å². The van der Waals surface area contributed by atoms with E-state index in [0.29, 0.717) is 28.8 Å². The van der Waals surface area contributed by atoms with E-state index in [2.05, 4.69) is 30.1 Å². The van der Waals surface area contributed by atoms with Gasteiger partial charge < -0.3 is 4.74 Å². The smallest absolute Gasteiger partial charge is 0.406 e. The first-order valence-electron chi connectivity index (χ1n) is 9.57. The number of rotatable bonds is 5. The molecule has 8 nitrogen and oxygen atoms in total. The molecule has 0 fully saturated rings. The number of aromatic nitrogens is 5. The normalized spacial score (nSPS) is 11.5. The highest BCUT2D eigenvalue weighted by molar-refractivity contribution is 6.01. The number of nitrogens with zero attached hydrogens (tertiary/aromatic N) is 5. The van der Waals surface area contributed by atoms with E-state index in [-0.39, 0.29) is 17.1 Å². The molecule has 4 aromatic rings. The Bertz CT molecular complexity index is 1290. The number of hydrogen-bond acceptors (Lipinski definition) is 6. The molecule has 0 aliphatic heterocycles. The minimum atomic E-state index is -4.79. The zero-order valence-corrected chi connectivity index (χ0v) is 17.0. The SMILES string of the molecule is CCc1cn(NC(=O)c2cnc(-c3ncccn3)nc2C)c2ccc(OC(F)(F)F)cc12. The molecule has 0 aliphatic rings. The molecule has 0 atom stereocenters. The molecule has 1 N–H and O–H groups in total. The van der Waals surface area contributed by atoms with Gasteiger partial charge in [-0.2, -0.15) is 0 Å². The van der Waals surface area contributed by atoms with E-state index in [0.717, 1.165) is 5.56 Å². The summed E-state index contributed by atoms with van der Waals surface area (Å²) in [5.41, 5.74) is 4.66. The zero-order chi connectivity index (χ0) is 22.9. The Kier molecular flexibility index (Phi) is 5.47. The van der Waals surface area contributed by atoms with E-state index >= 15 is 0 Å². The van der Waals surface area contributed by atoms with Crippen molar-refractivity contribution in [3.05, 3.63) is 65.9 Å². The molecule has 0 saturated carbocycles. The first-order valence-corrected chi connectivity index (χ1v) is 9.57. The van der Waals surface area contributed by atoms with Crippen LogP contribution < -0.4 is 10.2 Å². The number of aryl methyl sites for hydroxylation is 2. The van der Waals surface area contributed by atoms with Gasteiger partial charge >= 0.3 is 6.36 Å². The van der Waals surface area contributed by atoms with Crippen LogP contribution in [0, 0.1) is 6.92 Å². The third-order valence-electron chi connectivity index (χ3n) is 4.68. The number of ether oxygens (including phenoxy) is 1. The predicted octanol–water partition coefficient (Wildman–Crippen LogP) is 4.04. The second kappa shape index (κ2) is 8.25. The first-order chi connectivity index (χ1) is 15.2. The minimum Gasteiger partial charge on any atom is -0.406 e. The van der Waals surface area contributed by atoms with Crippen molar-refractivity contribution in [2.45, 2.75) is 26.6 Å². The minimum absolute atomic E-state index is 0.238. The molecule has 164 valence electrons. The molecule has 0 bridgehead atoms. The fourth-order valence-corrected chi connectivity index (χ4v) is 3.23. The van der Waals surface area contributed by atoms with Crippen LogP contribution in [0.1, 0.15) is 28.5 Å². The molecule has 3 heterocycles. The van der Waals surface area contributed by atoms with Gasteiger partial charge in [0.1, 0.15) is 5.75 Å². The van der Waals surface area contributed by atoms with Crippen molar-refractivity contribution >= 4 is 16.8 Å². The van der Waals surface area contributed by atoms with Crippen LogP contribution in [0.25, 0.3) is 22.6 Å². The second-order valence-corrected chi connectivity index (χ2v) is 6.81. The Labute approximate surface area is 180 Å². The van der Waals surface area contributed by atoms with E-state index in [1.54, 1.807) is 31.6 Å². The van der Waals surface area contributed by atoms with Crippen LogP contribution in [0.15, 0.2) is 49.1 Å². The van der Waals surface area contributed by atoms with Gasteiger partial charge in [-0.1, -0.05) is 6.92 Å². The van der Waals surface area contributed by atoms with Gasteiger partial charge in [-0.15, -0.1) is 13.2 Å². The van der Waals surface area contributed by atoms with Gasteiger partial charge in [0.05, 0.1) is 16.8 Å². The van der Waals surface area contributed by atoms with Gasteiger partial charge in [0.2, 0.25) is 0 Å². The molecule has 32 heavy (non-hydrogen) atoms. The number of carbonyl (C=O) groups is 1. The van der Waals surface area contributed by atoms with Crippen LogP contribution in [0.5, 0.6) is 5.75 Å². The summed E-state index contributed by atoms with van der Waals surface area (Å²) in [4.78, 5) is 29.5. The van der Waals surface area contributed by atoms with Crippen molar-refractivity contribution < 1.29 is 22.7 Å². The van der Waals surface area contributed by atoms with Crippen LogP contribution in [0.2, 0.25) is 0 Å². The average molecular weight is 442 g/mol. The number of amides is 1. The first kappa shape index (κ1) is 21.2. The van der Waals surface area contributed by atoms with Crippen LogP contribution in [0.3, 0.4) is 0 Å². The summed E-state index contributed by atoms with van der Waals surface area (Å²) in [6.45, 7) is 3.52. The second-order valence-electron chi connectivity index (χ2n) is 6.81. The zero-order valence-electron chi connectivity index (χ0n) is 17.0. The largest absolute Gasteiger partial charge is 0.573 e. The lowest BCUT2D eigenvalue weighted by Crippen LogP contribution is -2.23. The summed E-state index contributed by atoms with van der Waals surface area (Å²) in [6, 6.07) is 5.62. The Morgan fingerprint density at radius 3 is 2.56 bits per heavy atom. The topological polar surface area (TPSA) is 94.8 Å². The molecule has 3 aromatic heterocycles. The molecule has 0 radical (unpaired) electrons. The maximum Gasteiger partial charge on any atom is 0.573 e. The van der Waals surface area contributed by atoms with Gasteiger partial charge in [-0.3, -0.25) is 14.9 Å². The molecule has 0 unspecified atom stereocenters. The van der Waals surface area contributed by atoms with Gasteiger partial charge in [-0.25, -0.2) is 19.9 Å². The standard InChI is InChI=1S/C21H17F3N6O2/c1-3-13-11-30(17-6-5-14(9-15(13)17)32-21(22,23)24)29-20(31)16-10-27-19(28-12(16)2)18-25-7-4-8-26-18/h4-11H,3H2,1-2H3,(H,29,31). The average Bonchev–Trinajstić information content (AvgIpc) is 3.09. The van der Waals surface area contributed by atoms with E-state index < -0.39 is 12.3 Å². The number of nitrogens with one attached hydrogen (secondary N) is 1. The van der Waals surface area contributed by atoms with Crippen molar-refractivity contribution in [3.63, 3.8) is 0 Å². The Balaban J connectivity index is 1.62. The van der Waals surface area contributed by atoms with E-state index in [4.69, 9.17) is 0 Å². The predicted molar refractivity (Wildman–Crippen MR) is 109 cm³/mol. The summed E-state index contributed by atoms with van der Waals surface area (Å²) < 4.78 is 43.1. The highest BCUT2D eigenvalue weighted by atomic mass is 19.4. The van der Waals surface area contributed by atoms with Crippen molar-refractivity contribution in [1.29, 1.82) is 0 Å². The van der Waals surface area contributed by atoms with Crippen molar-refractivity contribution in [1.82, 2.24) is 24.6 Å². The van der Waals surface area contributed by atoms with Crippen molar-refractivity contribution in [2.75, 3.05) is 5.43 Å². The van der Waals surface area contributed by atoms with Crippen LogP contribution in [-0.4, -0.2) is 36.9 Å². The molecule has 11 heteroatoms. The van der Waals surface area contributed by atoms with Crippen LogP contribution in [0.4, 0.5) is 13.2 Å². The quantitative estimate of drug-likeness (QED) is 0.501. The third kappa shape index (κ3) is 4.36. The lowest BCUT2D eigenvalue weighted by atomic mass is 10.1. The molecule has 0 saturated heterocycles. The molecule has 0 aliphatic carbocycles. The Morgan fingerprint density at radius 2 is 1.91 bits per heavy atom. The van der Waals surface area contributed by atoms with Crippen LogP contribution in [-0.2, 0) is 6.42 Å². The summed E-state index contributed by atoms with van der Waals surface area (Å²) >= 11 is 0. The molecule has 1 amide bonds. The maximum atomic E-state index is 12.9. The van der Waals surface area contributed by atoms with Gasteiger partial charge in [-0.05, 0) is 43.2 Å². The Morgan fingerprint density at radius 1 is 1.16 bits per heavy atom. The maximum absolute atomic E-state index is 12.9. The lowest BCUT2D eigenvalue weighted by Gasteiger charge is -2.11. The highest BCUT2D eigenvalue weighted by Gasteiger charge is 2.31.